The highest BCUT2D eigenvalue weighted by Crippen LogP contribution is 2.30. The Morgan fingerprint density at radius 2 is 1.43 bits per heavy atom. The quantitative estimate of drug-likeness (QED) is 0.548. The van der Waals surface area contributed by atoms with E-state index >= 15 is 0 Å². The van der Waals surface area contributed by atoms with Gasteiger partial charge in [-0.15, -0.1) is 0 Å². The molecule has 3 aromatic carbocycles. The lowest BCUT2D eigenvalue weighted by atomic mass is 10.0. The van der Waals surface area contributed by atoms with E-state index in [1.54, 1.807) is 7.11 Å². The Kier molecular flexibility index (Phi) is 6.33. The maximum atomic E-state index is 13.1. The zero-order chi connectivity index (χ0) is 19.9. The summed E-state index contributed by atoms with van der Waals surface area (Å²) in [4.78, 5) is 13.1. The van der Waals surface area contributed by atoms with E-state index in [-0.39, 0.29) is 5.91 Å². The first-order valence-electron chi connectivity index (χ1n) is 9.59. The van der Waals surface area contributed by atoms with Crippen molar-refractivity contribution in [3.8, 4) is 5.75 Å². The minimum Gasteiger partial charge on any atom is -0.495 e. The zero-order valence-electron chi connectivity index (χ0n) is 16.6. The second-order valence-corrected chi connectivity index (χ2v) is 6.48. The van der Waals surface area contributed by atoms with Crippen molar-refractivity contribution < 1.29 is 9.53 Å². The number of anilines is 3. The molecule has 3 rings (SSSR count). The van der Waals surface area contributed by atoms with Crippen LogP contribution in [0.15, 0.2) is 66.7 Å². The Bertz CT molecular complexity index is 944. The van der Waals surface area contributed by atoms with Crippen LogP contribution < -0.4 is 15.4 Å². The van der Waals surface area contributed by atoms with Gasteiger partial charge in [-0.2, -0.15) is 0 Å². The largest absolute Gasteiger partial charge is 0.495 e. The van der Waals surface area contributed by atoms with Crippen LogP contribution in [0.2, 0.25) is 0 Å². The van der Waals surface area contributed by atoms with Gasteiger partial charge in [-0.05, 0) is 48.2 Å². The third-order valence-corrected chi connectivity index (χ3v) is 4.79. The smallest absolute Gasteiger partial charge is 0.257 e. The summed E-state index contributed by atoms with van der Waals surface area (Å²) in [5.74, 6) is 0.593. The fourth-order valence-corrected chi connectivity index (χ4v) is 3.27. The molecule has 0 fully saturated rings. The van der Waals surface area contributed by atoms with Gasteiger partial charge in [0, 0.05) is 5.69 Å². The van der Waals surface area contributed by atoms with Crippen molar-refractivity contribution in [2.45, 2.75) is 26.7 Å². The van der Waals surface area contributed by atoms with Crippen molar-refractivity contribution in [1.82, 2.24) is 0 Å². The summed E-state index contributed by atoms with van der Waals surface area (Å²) in [6.45, 7) is 4.20. The summed E-state index contributed by atoms with van der Waals surface area (Å²) in [7, 11) is 1.63. The van der Waals surface area contributed by atoms with Crippen LogP contribution >= 0.6 is 0 Å². The Morgan fingerprint density at radius 3 is 2.07 bits per heavy atom. The predicted molar refractivity (Wildman–Crippen MR) is 116 cm³/mol. The van der Waals surface area contributed by atoms with E-state index in [1.165, 1.54) is 0 Å². The van der Waals surface area contributed by atoms with Gasteiger partial charge >= 0.3 is 0 Å². The second kappa shape index (κ2) is 9.09. The molecule has 0 aliphatic heterocycles. The number of benzene rings is 3. The molecule has 0 saturated heterocycles. The number of amides is 1. The van der Waals surface area contributed by atoms with E-state index in [2.05, 4.69) is 36.6 Å². The molecule has 4 nitrogen and oxygen atoms in total. The summed E-state index contributed by atoms with van der Waals surface area (Å²) < 4.78 is 5.41. The molecule has 2 N–H and O–H groups in total. The topological polar surface area (TPSA) is 50.4 Å². The van der Waals surface area contributed by atoms with Crippen molar-refractivity contribution in [2.75, 3.05) is 17.7 Å². The Hall–Kier alpha value is -3.27. The molecule has 0 bridgehead atoms. The van der Waals surface area contributed by atoms with Crippen LogP contribution in [-0.4, -0.2) is 13.0 Å². The summed E-state index contributed by atoms with van der Waals surface area (Å²) in [5.41, 5.74) is 5.33. The Balaban J connectivity index is 1.92. The third kappa shape index (κ3) is 4.17. The van der Waals surface area contributed by atoms with Crippen molar-refractivity contribution in [3.63, 3.8) is 0 Å². The molecular weight excluding hydrogens is 348 g/mol. The highest BCUT2D eigenvalue weighted by atomic mass is 16.5. The third-order valence-electron chi connectivity index (χ3n) is 4.79. The van der Waals surface area contributed by atoms with Crippen LogP contribution in [0.4, 0.5) is 17.1 Å². The lowest BCUT2D eigenvalue weighted by Crippen LogP contribution is -2.16. The van der Waals surface area contributed by atoms with Crippen molar-refractivity contribution >= 4 is 23.0 Å². The van der Waals surface area contributed by atoms with Gasteiger partial charge < -0.3 is 15.4 Å². The van der Waals surface area contributed by atoms with Gasteiger partial charge in [-0.3, -0.25) is 4.79 Å². The fourth-order valence-electron chi connectivity index (χ4n) is 3.27. The number of methoxy groups -OCH3 is 1. The van der Waals surface area contributed by atoms with Crippen LogP contribution in [0.1, 0.15) is 35.3 Å². The molecule has 0 aliphatic rings. The van der Waals surface area contributed by atoms with Crippen LogP contribution in [0.5, 0.6) is 5.75 Å². The number of carbonyl (C=O) groups is 1. The first-order chi connectivity index (χ1) is 13.7. The van der Waals surface area contributed by atoms with E-state index in [4.69, 9.17) is 4.74 Å². The maximum absolute atomic E-state index is 13.1. The highest BCUT2D eigenvalue weighted by Gasteiger charge is 2.15. The second-order valence-electron chi connectivity index (χ2n) is 6.48. The van der Waals surface area contributed by atoms with E-state index in [9.17, 15) is 4.79 Å². The number of carbonyl (C=O) groups excluding carboxylic acids is 1. The van der Waals surface area contributed by atoms with Gasteiger partial charge in [0.15, 0.2) is 0 Å². The summed E-state index contributed by atoms with van der Waals surface area (Å²) in [5, 5.41) is 6.47. The molecule has 0 aliphatic carbocycles. The molecule has 4 heteroatoms. The lowest BCUT2D eigenvalue weighted by molar-refractivity contribution is 0.102. The van der Waals surface area contributed by atoms with Crippen LogP contribution in [-0.2, 0) is 12.8 Å². The average molecular weight is 374 g/mol. The molecule has 0 aromatic heterocycles. The van der Waals surface area contributed by atoms with Gasteiger partial charge in [-0.1, -0.05) is 56.3 Å². The summed E-state index contributed by atoms with van der Waals surface area (Å²) in [6.07, 6.45) is 1.73. The Labute approximate surface area is 166 Å². The number of hydrogen-bond donors (Lipinski definition) is 2. The number of aryl methyl sites for hydroxylation is 2. The van der Waals surface area contributed by atoms with Gasteiger partial charge in [0.2, 0.25) is 0 Å². The highest BCUT2D eigenvalue weighted by molar-refractivity contribution is 6.09. The monoisotopic (exact) mass is 374 g/mol. The van der Waals surface area contributed by atoms with E-state index in [1.807, 2.05) is 54.6 Å². The van der Waals surface area contributed by atoms with Crippen molar-refractivity contribution in [2.24, 2.45) is 0 Å². The molecule has 0 unspecified atom stereocenters. The number of nitrogens with one attached hydrogen (secondary N) is 2. The summed E-state index contributed by atoms with van der Waals surface area (Å²) in [6, 6.07) is 21.3. The maximum Gasteiger partial charge on any atom is 0.257 e. The number of ether oxygens (including phenoxy) is 1. The number of hydrogen-bond acceptors (Lipinski definition) is 3. The van der Waals surface area contributed by atoms with Crippen LogP contribution in [0, 0.1) is 0 Å². The fraction of sp³-hybridized carbons (Fsp3) is 0.208. The lowest BCUT2D eigenvalue weighted by Gasteiger charge is -2.17. The molecule has 3 aromatic rings. The minimum atomic E-state index is -0.131. The molecule has 0 heterocycles. The molecular formula is C24H26N2O2. The Morgan fingerprint density at radius 1 is 0.821 bits per heavy atom. The average Bonchev–Trinajstić information content (AvgIpc) is 2.74. The predicted octanol–water partition coefficient (Wildman–Crippen LogP) is 5.82. The van der Waals surface area contributed by atoms with Crippen LogP contribution in [0.25, 0.3) is 0 Å². The van der Waals surface area contributed by atoms with Gasteiger partial charge in [0.05, 0.1) is 24.0 Å². The molecule has 0 radical (unpaired) electrons. The minimum absolute atomic E-state index is 0.131. The zero-order valence-corrected chi connectivity index (χ0v) is 16.6. The molecule has 0 atom stereocenters. The number of rotatable bonds is 7. The van der Waals surface area contributed by atoms with Gasteiger partial charge in [-0.25, -0.2) is 0 Å². The normalized spacial score (nSPS) is 10.4. The molecule has 144 valence electrons. The SMILES string of the molecule is CCc1cccc(CC)c1NC(=O)c1ccccc1Nc1ccccc1OC. The molecule has 1 amide bonds. The van der Waals surface area contributed by atoms with Crippen molar-refractivity contribution in [3.05, 3.63) is 83.4 Å². The van der Waals surface area contributed by atoms with Crippen LogP contribution in [0.3, 0.4) is 0 Å². The standard InChI is InChI=1S/C24H26N2O2/c1-4-17-11-10-12-18(5-2)23(17)26-24(27)19-13-6-7-14-20(19)25-21-15-8-9-16-22(21)28-3/h6-16,25H,4-5H2,1-3H3,(H,26,27). The van der Waals surface area contributed by atoms with Crippen molar-refractivity contribution in [1.29, 1.82) is 0 Å². The van der Waals surface area contributed by atoms with Gasteiger partial charge in [0.1, 0.15) is 5.75 Å². The first kappa shape index (κ1) is 19.5. The van der Waals surface area contributed by atoms with E-state index in [0.717, 1.165) is 46.8 Å². The van der Waals surface area contributed by atoms with E-state index < -0.39 is 0 Å². The van der Waals surface area contributed by atoms with E-state index in [0.29, 0.717) is 5.56 Å². The van der Waals surface area contributed by atoms with Gasteiger partial charge in [0.25, 0.3) is 5.91 Å². The first-order valence-corrected chi connectivity index (χ1v) is 9.59. The summed E-state index contributed by atoms with van der Waals surface area (Å²) >= 11 is 0. The molecule has 0 spiro atoms. The molecule has 0 saturated carbocycles. The number of para-hydroxylation sites is 4. The molecule has 28 heavy (non-hydrogen) atoms.